The Kier molecular flexibility index (Phi) is 4.90. The fourth-order valence-electron chi connectivity index (χ4n) is 2.77. The first-order valence-electron chi connectivity index (χ1n) is 8.71. The van der Waals surface area contributed by atoms with Crippen molar-refractivity contribution in [3.05, 3.63) is 67.8 Å². The number of aromatic nitrogens is 4. The number of benzene rings is 1. The summed E-state index contributed by atoms with van der Waals surface area (Å²) in [4.78, 5) is 27.7. The van der Waals surface area contributed by atoms with Crippen LogP contribution >= 0.6 is 0 Å². The largest absolute Gasteiger partial charge is 0.495 e. The number of H-pyrrole nitrogens is 1. The van der Waals surface area contributed by atoms with Gasteiger partial charge in [-0.05, 0) is 24.3 Å². The van der Waals surface area contributed by atoms with E-state index in [1.165, 1.54) is 12.3 Å². The predicted octanol–water partition coefficient (Wildman–Crippen LogP) is 3.95. The fraction of sp³-hybridized carbons (Fsp3) is 0.0476. The quantitative estimate of drug-likeness (QED) is 0.486. The number of pyridine rings is 1. The first-order valence-corrected chi connectivity index (χ1v) is 8.71. The highest BCUT2D eigenvalue weighted by atomic mass is 16.5. The third-order valence-electron chi connectivity index (χ3n) is 4.13. The van der Waals surface area contributed by atoms with Gasteiger partial charge in [0, 0.05) is 35.3 Å². The molecule has 0 saturated carbocycles. The molecule has 8 heteroatoms. The molecule has 8 nitrogen and oxygen atoms in total. The van der Waals surface area contributed by atoms with Crippen LogP contribution in [0.4, 0.5) is 5.69 Å². The zero-order chi connectivity index (χ0) is 20.2. The lowest BCUT2D eigenvalue weighted by molar-refractivity contribution is -0.111. The second-order valence-corrected chi connectivity index (χ2v) is 6.04. The summed E-state index contributed by atoms with van der Waals surface area (Å²) in [6, 6.07) is 8.85. The smallest absolute Gasteiger partial charge is 0.247 e. The van der Waals surface area contributed by atoms with E-state index in [2.05, 4.69) is 31.8 Å². The molecule has 0 aliphatic carbocycles. The van der Waals surface area contributed by atoms with E-state index in [9.17, 15) is 4.79 Å². The van der Waals surface area contributed by atoms with Crippen LogP contribution in [0.3, 0.4) is 0 Å². The number of carbonyl (C=O) groups excluding carboxylic acids is 1. The number of rotatable bonds is 6. The average molecular weight is 387 g/mol. The van der Waals surface area contributed by atoms with E-state index in [0.29, 0.717) is 34.2 Å². The maximum Gasteiger partial charge on any atom is 0.247 e. The first kappa shape index (κ1) is 18.2. The van der Waals surface area contributed by atoms with Gasteiger partial charge in [0.25, 0.3) is 0 Å². The van der Waals surface area contributed by atoms with E-state index in [1.54, 1.807) is 43.8 Å². The molecule has 0 saturated heterocycles. The Hall–Kier alpha value is -4.20. The van der Waals surface area contributed by atoms with Gasteiger partial charge in [0.05, 0.1) is 19.5 Å². The summed E-state index contributed by atoms with van der Waals surface area (Å²) >= 11 is 0. The Morgan fingerprint density at radius 1 is 1.21 bits per heavy atom. The fourth-order valence-corrected chi connectivity index (χ4v) is 2.77. The number of methoxy groups -OCH3 is 1. The van der Waals surface area contributed by atoms with Crippen molar-refractivity contribution in [2.45, 2.75) is 0 Å². The number of aromatic amines is 1. The number of hydrogen-bond donors (Lipinski definition) is 2. The van der Waals surface area contributed by atoms with Gasteiger partial charge in [-0.3, -0.25) is 9.78 Å². The van der Waals surface area contributed by atoms with Crippen LogP contribution < -0.4 is 14.8 Å². The van der Waals surface area contributed by atoms with E-state index >= 15 is 0 Å². The van der Waals surface area contributed by atoms with E-state index in [1.807, 2.05) is 12.3 Å². The predicted molar refractivity (Wildman–Crippen MR) is 109 cm³/mol. The number of anilines is 1. The van der Waals surface area contributed by atoms with Gasteiger partial charge in [-0.1, -0.05) is 12.6 Å². The Labute approximate surface area is 166 Å². The van der Waals surface area contributed by atoms with Gasteiger partial charge in [0.15, 0.2) is 5.65 Å². The first-order chi connectivity index (χ1) is 14.2. The Balaban J connectivity index is 1.65. The second kappa shape index (κ2) is 7.81. The summed E-state index contributed by atoms with van der Waals surface area (Å²) in [6.45, 7) is 3.44. The highest BCUT2D eigenvalue weighted by molar-refractivity contribution is 5.99. The minimum Gasteiger partial charge on any atom is -0.495 e. The molecule has 0 unspecified atom stereocenters. The minimum atomic E-state index is -0.299. The number of ether oxygens (including phenoxy) is 2. The summed E-state index contributed by atoms with van der Waals surface area (Å²) in [6.07, 6.45) is 7.91. The molecule has 2 N–H and O–H groups in total. The number of nitrogens with one attached hydrogen (secondary N) is 2. The number of amides is 1. The zero-order valence-corrected chi connectivity index (χ0v) is 15.5. The summed E-state index contributed by atoms with van der Waals surface area (Å²) in [5.41, 5.74) is 3.54. The van der Waals surface area contributed by atoms with E-state index < -0.39 is 0 Å². The van der Waals surface area contributed by atoms with Crippen molar-refractivity contribution in [3.8, 4) is 28.5 Å². The highest BCUT2D eigenvalue weighted by Gasteiger charge is 2.12. The lowest BCUT2D eigenvalue weighted by Gasteiger charge is -2.08. The lowest BCUT2D eigenvalue weighted by atomic mass is 10.1. The number of carbonyl (C=O) groups is 1. The third-order valence-corrected chi connectivity index (χ3v) is 4.13. The summed E-state index contributed by atoms with van der Waals surface area (Å²) in [5, 5.41) is 2.69. The Morgan fingerprint density at radius 3 is 2.93 bits per heavy atom. The standard InChI is InChI=1S/C21H17N5O3/c1-3-18(27)25-14-5-4-6-15(8-14)29-19-12-24-21-20(26-19)17(11-23-21)13-7-16(28-2)10-22-9-13/h3-12H,1H2,2H3,(H,23,24)(H,25,27). The van der Waals surface area contributed by atoms with Crippen LogP contribution in [0.2, 0.25) is 0 Å². The molecule has 3 heterocycles. The van der Waals surface area contributed by atoms with Crippen molar-refractivity contribution < 1.29 is 14.3 Å². The molecule has 0 spiro atoms. The molecule has 0 aliphatic rings. The summed E-state index contributed by atoms with van der Waals surface area (Å²) < 4.78 is 11.1. The van der Waals surface area contributed by atoms with Crippen LogP contribution in [0.15, 0.2) is 67.8 Å². The topological polar surface area (TPSA) is 102 Å². The normalized spacial score (nSPS) is 10.5. The van der Waals surface area contributed by atoms with Crippen LogP contribution in [0.5, 0.6) is 17.4 Å². The van der Waals surface area contributed by atoms with Gasteiger partial charge in [0.2, 0.25) is 11.8 Å². The Bertz CT molecular complexity index is 1200. The van der Waals surface area contributed by atoms with Gasteiger partial charge in [-0.2, -0.15) is 0 Å². The average Bonchev–Trinajstić information content (AvgIpc) is 3.17. The highest BCUT2D eigenvalue weighted by Crippen LogP contribution is 2.30. The second-order valence-electron chi connectivity index (χ2n) is 6.04. The minimum absolute atomic E-state index is 0.299. The van der Waals surface area contributed by atoms with Gasteiger partial charge < -0.3 is 19.8 Å². The monoisotopic (exact) mass is 387 g/mol. The number of nitrogens with zero attached hydrogens (tertiary/aromatic N) is 3. The van der Waals surface area contributed by atoms with Crippen molar-refractivity contribution in [2.75, 3.05) is 12.4 Å². The van der Waals surface area contributed by atoms with Gasteiger partial charge >= 0.3 is 0 Å². The van der Waals surface area contributed by atoms with Crippen LogP contribution in [-0.2, 0) is 4.79 Å². The van der Waals surface area contributed by atoms with E-state index in [-0.39, 0.29) is 5.91 Å². The molecule has 144 valence electrons. The molecule has 0 bridgehead atoms. The lowest BCUT2D eigenvalue weighted by Crippen LogP contribution is -2.07. The van der Waals surface area contributed by atoms with Crippen molar-refractivity contribution >= 4 is 22.8 Å². The SMILES string of the molecule is C=CC(=O)Nc1cccc(Oc2cnc3[nH]cc(-c4cncc(OC)c4)c3n2)c1. The van der Waals surface area contributed by atoms with Gasteiger partial charge in [-0.25, -0.2) is 9.97 Å². The van der Waals surface area contributed by atoms with Crippen molar-refractivity contribution in [3.63, 3.8) is 0 Å². The summed E-state index contributed by atoms with van der Waals surface area (Å²) in [5.74, 6) is 1.19. The molecule has 0 radical (unpaired) electrons. The van der Waals surface area contributed by atoms with Crippen molar-refractivity contribution in [2.24, 2.45) is 0 Å². The van der Waals surface area contributed by atoms with Crippen LogP contribution in [-0.4, -0.2) is 33.0 Å². The van der Waals surface area contributed by atoms with Gasteiger partial charge in [-0.15, -0.1) is 0 Å². The molecule has 29 heavy (non-hydrogen) atoms. The zero-order valence-electron chi connectivity index (χ0n) is 15.5. The molecule has 0 atom stereocenters. The number of fused-ring (bicyclic) bond motifs is 1. The maximum atomic E-state index is 11.5. The van der Waals surface area contributed by atoms with Crippen molar-refractivity contribution in [1.29, 1.82) is 0 Å². The van der Waals surface area contributed by atoms with E-state index in [4.69, 9.17) is 9.47 Å². The molecule has 3 aromatic heterocycles. The van der Waals surface area contributed by atoms with Crippen molar-refractivity contribution in [1.82, 2.24) is 19.9 Å². The molecular weight excluding hydrogens is 370 g/mol. The van der Waals surface area contributed by atoms with E-state index in [0.717, 1.165) is 11.1 Å². The molecular formula is C21H17N5O3. The van der Waals surface area contributed by atoms with Gasteiger partial charge in [0.1, 0.15) is 17.0 Å². The molecule has 4 rings (SSSR count). The molecule has 0 fully saturated rings. The molecule has 0 aliphatic heterocycles. The Morgan fingerprint density at radius 2 is 2.10 bits per heavy atom. The number of hydrogen-bond acceptors (Lipinski definition) is 6. The third kappa shape index (κ3) is 3.91. The van der Waals surface area contributed by atoms with Crippen LogP contribution in [0, 0.1) is 0 Å². The van der Waals surface area contributed by atoms with Crippen LogP contribution in [0.25, 0.3) is 22.3 Å². The summed E-state index contributed by atoms with van der Waals surface area (Å²) in [7, 11) is 1.59. The molecule has 1 amide bonds. The molecule has 4 aromatic rings. The maximum absolute atomic E-state index is 11.5. The van der Waals surface area contributed by atoms with Crippen LogP contribution in [0.1, 0.15) is 0 Å². The molecule has 1 aromatic carbocycles.